The third-order valence-corrected chi connectivity index (χ3v) is 6.19. The van der Waals surface area contributed by atoms with Crippen LogP contribution in [0.2, 0.25) is 0 Å². The molecular formula is C28H22BrN3O6. The van der Waals surface area contributed by atoms with Crippen LogP contribution in [0.25, 0.3) is 10.8 Å². The number of rotatable bonds is 9. The van der Waals surface area contributed by atoms with Crippen LogP contribution in [0, 0.1) is 10.1 Å². The van der Waals surface area contributed by atoms with Crippen LogP contribution < -0.4 is 14.9 Å². The highest BCUT2D eigenvalue weighted by Gasteiger charge is 2.15. The van der Waals surface area contributed by atoms with Crippen molar-refractivity contribution in [1.29, 1.82) is 0 Å². The maximum atomic E-state index is 12.5. The molecule has 192 valence electrons. The van der Waals surface area contributed by atoms with Crippen molar-refractivity contribution in [2.75, 3.05) is 6.61 Å². The fourth-order valence-electron chi connectivity index (χ4n) is 3.71. The Hall–Kier alpha value is -4.57. The molecular weight excluding hydrogens is 554 g/mol. The van der Waals surface area contributed by atoms with Crippen molar-refractivity contribution in [2.24, 2.45) is 5.10 Å². The van der Waals surface area contributed by atoms with Crippen LogP contribution in [-0.2, 0) is 11.2 Å². The predicted octanol–water partition coefficient (Wildman–Crippen LogP) is 5.82. The molecule has 0 fully saturated rings. The SMILES string of the molecule is CCOc1cc(C=NNC(=O)Cc2ccc(Br)c3ccccc23)ccc1OC(=O)c1ccc([N+](=O)[O-])cc1. The molecule has 0 radical (unpaired) electrons. The number of esters is 1. The highest BCUT2D eigenvalue weighted by Crippen LogP contribution is 2.29. The zero-order chi connectivity index (χ0) is 27.1. The Labute approximate surface area is 226 Å². The Kier molecular flexibility index (Phi) is 8.44. The topological polar surface area (TPSA) is 120 Å². The predicted molar refractivity (Wildman–Crippen MR) is 147 cm³/mol. The van der Waals surface area contributed by atoms with Crippen LogP contribution in [0.5, 0.6) is 11.5 Å². The van der Waals surface area contributed by atoms with Crippen molar-refractivity contribution in [3.8, 4) is 11.5 Å². The van der Waals surface area contributed by atoms with E-state index >= 15 is 0 Å². The molecule has 0 spiro atoms. The molecule has 0 unspecified atom stereocenters. The van der Waals surface area contributed by atoms with Gasteiger partial charge in [0.25, 0.3) is 5.69 Å². The number of fused-ring (bicyclic) bond motifs is 1. The Morgan fingerprint density at radius 3 is 2.45 bits per heavy atom. The summed E-state index contributed by atoms with van der Waals surface area (Å²) < 4.78 is 12.0. The molecule has 4 aromatic carbocycles. The molecule has 0 aliphatic rings. The van der Waals surface area contributed by atoms with Crippen molar-refractivity contribution in [3.63, 3.8) is 0 Å². The monoisotopic (exact) mass is 575 g/mol. The number of halogens is 1. The molecule has 10 heteroatoms. The first kappa shape index (κ1) is 26.5. The molecule has 0 aliphatic heterocycles. The molecule has 0 atom stereocenters. The smallest absolute Gasteiger partial charge is 0.343 e. The van der Waals surface area contributed by atoms with E-state index in [4.69, 9.17) is 9.47 Å². The average molecular weight is 576 g/mol. The zero-order valence-corrected chi connectivity index (χ0v) is 21.8. The van der Waals surface area contributed by atoms with Gasteiger partial charge in [0.2, 0.25) is 5.91 Å². The fourth-order valence-corrected chi connectivity index (χ4v) is 4.18. The minimum Gasteiger partial charge on any atom is -0.490 e. The lowest BCUT2D eigenvalue weighted by molar-refractivity contribution is -0.384. The van der Waals surface area contributed by atoms with Crippen LogP contribution in [0.1, 0.15) is 28.4 Å². The number of hydrogen-bond donors (Lipinski definition) is 1. The van der Waals surface area contributed by atoms with E-state index in [1.165, 1.54) is 30.5 Å². The van der Waals surface area contributed by atoms with Gasteiger partial charge in [-0.1, -0.05) is 46.3 Å². The van der Waals surface area contributed by atoms with Gasteiger partial charge < -0.3 is 9.47 Å². The van der Waals surface area contributed by atoms with Crippen molar-refractivity contribution in [3.05, 3.63) is 110 Å². The highest BCUT2D eigenvalue weighted by atomic mass is 79.9. The number of carbonyl (C=O) groups is 2. The number of nitrogens with one attached hydrogen (secondary N) is 1. The maximum Gasteiger partial charge on any atom is 0.343 e. The van der Waals surface area contributed by atoms with Gasteiger partial charge in [-0.25, -0.2) is 10.2 Å². The number of benzene rings is 4. The molecule has 0 aliphatic carbocycles. The van der Waals surface area contributed by atoms with Crippen LogP contribution in [-0.4, -0.2) is 29.6 Å². The summed E-state index contributed by atoms with van der Waals surface area (Å²) in [6.07, 6.45) is 1.62. The lowest BCUT2D eigenvalue weighted by atomic mass is 10.0. The van der Waals surface area contributed by atoms with Gasteiger partial charge in [0.1, 0.15) is 0 Å². The fraction of sp³-hybridized carbons (Fsp3) is 0.107. The second-order valence-electron chi connectivity index (χ2n) is 8.05. The van der Waals surface area contributed by atoms with Crippen molar-refractivity contribution in [2.45, 2.75) is 13.3 Å². The third kappa shape index (κ3) is 6.40. The lowest BCUT2D eigenvalue weighted by Gasteiger charge is -2.11. The number of hydrogen-bond acceptors (Lipinski definition) is 7. The first-order valence-corrected chi connectivity index (χ1v) is 12.4. The largest absolute Gasteiger partial charge is 0.490 e. The lowest BCUT2D eigenvalue weighted by Crippen LogP contribution is -2.20. The van der Waals surface area contributed by atoms with E-state index in [1.54, 1.807) is 25.1 Å². The molecule has 4 rings (SSSR count). The van der Waals surface area contributed by atoms with Gasteiger partial charge in [0, 0.05) is 16.6 Å². The van der Waals surface area contributed by atoms with E-state index < -0.39 is 10.9 Å². The zero-order valence-electron chi connectivity index (χ0n) is 20.2. The number of nitro groups is 1. The minimum absolute atomic E-state index is 0.127. The van der Waals surface area contributed by atoms with Gasteiger partial charge in [-0.15, -0.1) is 0 Å². The summed E-state index contributed by atoms with van der Waals surface area (Å²) in [4.78, 5) is 35.3. The highest BCUT2D eigenvalue weighted by molar-refractivity contribution is 9.10. The molecule has 0 saturated heterocycles. The number of carbonyl (C=O) groups excluding carboxylic acids is 2. The third-order valence-electron chi connectivity index (χ3n) is 5.50. The Morgan fingerprint density at radius 2 is 1.74 bits per heavy atom. The minimum atomic E-state index is -0.685. The first-order valence-electron chi connectivity index (χ1n) is 11.6. The summed E-state index contributed by atoms with van der Waals surface area (Å²) in [6.45, 7) is 2.11. The molecule has 4 aromatic rings. The Balaban J connectivity index is 1.42. The first-order chi connectivity index (χ1) is 18.4. The van der Waals surface area contributed by atoms with E-state index in [2.05, 4.69) is 26.5 Å². The summed E-state index contributed by atoms with van der Waals surface area (Å²) in [7, 11) is 0. The van der Waals surface area contributed by atoms with Gasteiger partial charge in [0.05, 0.1) is 29.7 Å². The number of nitrogens with zero attached hydrogens (tertiary/aromatic N) is 2. The molecule has 0 bridgehead atoms. The summed E-state index contributed by atoms with van der Waals surface area (Å²) >= 11 is 3.53. The molecule has 0 heterocycles. The van der Waals surface area contributed by atoms with E-state index in [-0.39, 0.29) is 29.3 Å². The summed E-state index contributed by atoms with van der Waals surface area (Å²) in [5, 5.41) is 16.9. The van der Waals surface area contributed by atoms with E-state index in [9.17, 15) is 19.7 Å². The van der Waals surface area contributed by atoms with E-state index in [0.29, 0.717) is 17.9 Å². The normalized spacial score (nSPS) is 10.9. The molecule has 0 saturated carbocycles. The number of ether oxygens (including phenoxy) is 2. The number of amides is 1. The van der Waals surface area contributed by atoms with Gasteiger partial charge in [-0.2, -0.15) is 5.10 Å². The summed E-state index contributed by atoms with van der Waals surface area (Å²) in [5.74, 6) is -0.472. The Morgan fingerprint density at radius 1 is 1.00 bits per heavy atom. The second kappa shape index (κ2) is 12.1. The van der Waals surface area contributed by atoms with Gasteiger partial charge in [-0.3, -0.25) is 14.9 Å². The van der Waals surface area contributed by atoms with Crippen LogP contribution in [0.3, 0.4) is 0 Å². The number of hydrazone groups is 1. The van der Waals surface area contributed by atoms with E-state index in [0.717, 1.165) is 20.8 Å². The average Bonchev–Trinajstić information content (AvgIpc) is 2.92. The molecule has 1 amide bonds. The van der Waals surface area contributed by atoms with E-state index in [1.807, 2.05) is 36.4 Å². The second-order valence-corrected chi connectivity index (χ2v) is 8.91. The van der Waals surface area contributed by atoms with Gasteiger partial charge in [0.15, 0.2) is 11.5 Å². The van der Waals surface area contributed by atoms with Crippen molar-refractivity contribution >= 4 is 50.5 Å². The van der Waals surface area contributed by atoms with Crippen molar-refractivity contribution in [1.82, 2.24) is 5.43 Å². The molecule has 9 nitrogen and oxygen atoms in total. The standard InChI is InChI=1S/C28H22BrN3O6/c1-2-37-26-15-18(7-14-25(26)38-28(34)19-8-11-21(12-9-19)32(35)36)17-30-31-27(33)16-20-10-13-24(29)23-6-4-3-5-22(20)23/h3-15,17H,2,16H2,1H3,(H,31,33). The quantitative estimate of drug-likeness (QED) is 0.0882. The molecule has 0 aromatic heterocycles. The van der Waals surface area contributed by atoms with Crippen LogP contribution in [0.4, 0.5) is 5.69 Å². The maximum absolute atomic E-state index is 12.5. The van der Waals surface area contributed by atoms with Crippen LogP contribution >= 0.6 is 15.9 Å². The molecule has 38 heavy (non-hydrogen) atoms. The van der Waals surface area contributed by atoms with Gasteiger partial charge >= 0.3 is 5.97 Å². The van der Waals surface area contributed by atoms with Crippen molar-refractivity contribution < 1.29 is 24.0 Å². The van der Waals surface area contributed by atoms with Crippen LogP contribution in [0.15, 0.2) is 88.4 Å². The Bertz CT molecular complexity index is 1540. The number of non-ortho nitro benzene ring substituents is 1. The number of nitro benzene ring substituents is 1. The summed E-state index contributed by atoms with van der Waals surface area (Å²) in [6, 6.07) is 21.6. The molecule has 1 N–H and O–H groups in total. The van der Waals surface area contributed by atoms with Gasteiger partial charge in [-0.05, 0) is 65.2 Å². The summed E-state index contributed by atoms with van der Waals surface area (Å²) in [5.41, 5.74) is 4.06.